The van der Waals surface area contributed by atoms with Crippen molar-refractivity contribution in [1.82, 2.24) is 29.2 Å². The molecule has 3 amide bonds. The SMILES string of the molecule is Nc1ccc(C2CCN(CC(=O)N3CCC(c4ccc(-c5cc(F)c6c(c5)C(=O)N(C(C(=O)Nc5nccs5)c5ncn7c5CCC7)C6)cc4)CC3)CC2)cc1. The number of anilines is 2. The van der Waals surface area contributed by atoms with Gasteiger partial charge < -0.3 is 20.1 Å². The lowest BCUT2D eigenvalue weighted by molar-refractivity contribution is -0.133. The van der Waals surface area contributed by atoms with Gasteiger partial charge in [0, 0.05) is 53.7 Å². The number of nitrogens with zero attached hydrogens (tertiary/aromatic N) is 6. The quantitative estimate of drug-likeness (QED) is 0.162. The van der Waals surface area contributed by atoms with Crippen LogP contribution in [-0.2, 0) is 29.1 Å². The van der Waals surface area contributed by atoms with Gasteiger partial charge in [-0.05, 0) is 110 Å². The number of hydrogen-bond acceptors (Lipinski definition) is 8. The number of nitrogens with two attached hydrogens (primary N) is 1. The number of nitrogens with one attached hydrogen (secondary N) is 1. The molecule has 3 N–H and O–H groups in total. The standard InChI is InChI=1S/C43H45FN8O3S/c44-36-23-32(22-34-35(36)24-52(42(34)55)40(41(54)48-43-46-15-21-56-43)39-37-2-1-16-51(37)26-47-39)29-5-3-27(4-6-29)31-13-19-50(20-14-31)38(53)25-49-17-11-30(12-18-49)28-7-9-33(45)10-8-28/h3-10,15,21-23,26,30-31,40H,1-2,11-14,16-20,24-25,45H2,(H,46,48,54). The zero-order valence-corrected chi connectivity index (χ0v) is 32.0. The summed E-state index contributed by atoms with van der Waals surface area (Å²) in [4.78, 5) is 55.7. The Hall–Kier alpha value is -5.40. The summed E-state index contributed by atoms with van der Waals surface area (Å²) >= 11 is 1.29. The minimum absolute atomic E-state index is 0.0360. The van der Waals surface area contributed by atoms with Gasteiger partial charge in [-0.1, -0.05) is 36.4 Å². The number of thiazole rings is 1. The first kappa shape index (κ1) is 36.3. The summed E-state index contributed by atoms with van der Waals surface area (Å²) in [6.45, 7) is 4.53. The molecule has 3 aromatic carbocycles. The van der Waals surface area contributed by atoms with Gasteiger partial charge in [0.15, 0.2) is 11.2 Å². The third kappa shape index (κ3) is 7.09. The second-order valence-corrected chi connectivity index (χ2v) is 16.4. The van der Waals surface area contributed by atoms with Gasteiger partial charge in [-0.3, -0.25) is 24.6 Å². The first-order chi connectivity index (χ1) is 27.3. The molecule has 0 saturated carbocycles. The van der Waals surface area contributed by atoms with Crippen LogP contribution in [0.2, 0.25) is 0 Å². The smallest absolute Gasteiger partial charge is 0.255 e. The third-order valence-electron chi connectivity index (χ3n) is 12.2. The molecule has 2 fully saturated rings. The van der Waals surface area contributed by atoms with E-state index in [0.717, 1.165) is 88.2 Å². The summed E-state index contributed by atoms with van der Waals surface area (Å²) in [7, 11) is 0. The molecule has 1 unspecified atom stereocenters. The Morgan fingerprint density at radius 1 is 0.893 bits per heavy atom. The molecule has 0 aliphatic carbocycles. The molecular weight excluding hydrogens is 728 g/mol. The van der Waals surface area contributed by atoms with Gasteiger partial charge in [-0.2, -0.15) is 0 Å². The van der Waals surface area contributed by atoms with E-state index in [-0.39, 0.29) is 23.6 Å². The molecule has 56 heavy (non-hydrogen) atoms. The second-order valence-electron chi connectivity index (χ2n) is 15.5. The molecular formula is C43H45FN8O3S. The second kappa shape index (κ2) is 15.3. The van der Waals surface area contributed by atoms with E-state index in [1.54, 1.807) is 24.0 Å². The number of fused-ring (bicyclic) bond motifs is 2. The fraction of sp³-hybridized carbons (Fsp3) is 0.372. The Labute approximate surface area is 329 Å². The Kier molecular flexibility index (Phi) is 9.88. The molecule has 2 aromatic heterocycles. The predicted molar refractivity (Wildman–Crippen MR) is 214 cm³/mol. The largest absolute Gasteiger partial charge is 0.399 e. The van der Waals surface area contributed by atoms with E-state index < -0.39 is 23.7 Å². The molecule has 13 heteroatoms. The summed E-state index contributed by atoms with van der Waals surface area (Å²) < 4.78 is 17.9. The number of likely N-dealkylation sites (tertiary alicyclic amines) is 2. The first-order valence-corrected chi connectivity index (χ1v) is 20.5. The fourth-order valence-electron chi connectivity index (χ4n) is 9.06. The van der Waals surface area contributed by atoms with Crippen molar-refractivity contribution in [3.8, 4) is 11.1 Å². The number of halogens is 1. The number of nitrogen functional groups attached to an aromatic ring is 1. The molecule has 1 atom stereocenters. The van der Waals surface area contributed by atoms with E-state index in [9.17, 15) is 14.4 Å². The maximum Gasteiger partial charge on any atom is 0.255 e. The number of rotatable bonds is 9. The van der Waals surface area contributed by atoms with Crippen molar-refractivity contribution in [1.29, 1.82) is 0 Å². The normalized spacial score (nSPS) is 18.3. The highest BCUT2D eigenvalue weighted by Crippen LogP contribution is 2.39. The molecule has 0 radical (unpaired) electrons. The van der Waals surface area contributed by atoms with Crippen LogP contribution in [-0.4, -0.2) is 79.7 Å². The number of aromatic nitrogens is 3. The lowest BCUT2D eigenvalue weighted by Crippen LogP contribution is -2.45. The Bertz CT molecular complexity index is 2240. The number of piperidine rings is 2. The molecule has 11 nitrogen and oxygen atoms in total. The Balaban J connectivity index is 0.832. The average molecular weight is 773 g/mol. The maximum absolute atomic E-state index is 15.9. The zero-order valence-electron chi connectivity index (χ0n) is 31.2. The number of imidazole rings is 1. The minimum Gasteiger partial charge on any atom is -0.399 e. The molecule has 0 spiro atoms. The summed E-state index contributed by atoms with van der Waals surface area (Å²) in [5.74, 6) is -0.258. The van der Waals surface area contributed by atoms with Crippen molar-refractivity contribution >= 4 is 39.9 Å². The molecule has 9 rings (SSSR count). The monoisotopic (exact) mass is 772 g/mol. The van der Waals surface area contributed by atoms with Gasteiger partial charge in [-0.15, -0.1) is 11.3 Å². The Morgan fingerprint density at radius 3 is 2.29 bits per heavy atom. The van der Waals surface area contributed by atoms with Crippen LogP contribution >= 0.6 is 11.3 Å². The van der Waals surface area contributed by atoms with Crippen LogP contribution in [0.5, 0.6) is 0 Å². The van der Waals surface area contributed by atoms with Crippen molar-refractivity contribution in [3.05, 3.63) is 118 Å². The lowest BCUT2D eigenvalue weighted by Gasteiger charge is -2.36. The van der Waals surface area contributed by atoms with Gasteiger partial charge in [-0.25, -0.2) is 14.4 Å². The van der Waals surface area contributed by atoms with Crippen LogP contribution in [0.3, 0.4) is 0 Å². The molecule has 5 aromatic rings. The molecule has 2 saturated heterocycles. The fourth-order valence-corrected chi connectivity index (χ4v) is 9.59. The van der Waals surface area contributed by atoms with Crippen LogP contribution < -0.4 is 11.1 Å². The van der Waals surface area contributed by atoms with Crippen LogP contribution in [0.1, 0.15) is 88.4 Å². The number of hydrogen-bond donors (Lipinski definition) is 2. The van der Waals surface area contributed by atoms with Crippen LogP contribution in [0.4, 0.5) is 15.2 Å². The minimum atomic E-state index is -1.03. The summed E-state index contributed by atoms with van der Waals surface area (Å²) in [6, 6.07) is 18.5. The van der Waals surface area contributed by atoms with E-state index in [2.05, 4.69) is 44.5 Å². The van der Waals surface area contributed by atoms with Gasteiger partial charge in [0.2, 0.25) is 5.91 Å². The lowest BCUT2D eigenvalue weighted by atomic mass is 9.88. The van der Waals surface area contributed by atoms with E-state index in [4.69, 9.17) is 5.73 Å². The summed E-state index contributed by atoms with van der Waals surface area (Å²) in [5, 5.41) is 5.04. The van der Waals surface area contributed by atoms with E-state index in [1.165, 1.54) is 33.4 Å². The van der Waals surface area contributed by atoms with E-state index in [0.29, 0.717) is 34.8 Å². The van der Waals surface area contributed by atoms with Gasteiger partial charge in [0.1, 0.15) is 5.82 Å². The molecule has 4 aliphatic heterocycles. The summed E-state index contributed by atoms with van der Waals surface area (Å²) in [5.41, 5.74) is 12.6. The highest BCUT2D eigenvalue weighted by molar-refractivity contribution is 7.13. The molecule has 4 aliphatic rings. The molecule has 0 bridgehead atoms. The number of carbonyl (C=O) groups excluding carboxylic acids is 3. The number of benzene rings is 3. The molecule has 6 heterocycles. The van der Waals surface area contributed by atoms with Crippen molar-refractivity contribution in [2.45, 2.75) is 69.5 Å². The maximum atomic E-state index is 15.9. The van der Waals surface area contributed by atoms with Crippen molar-refractivity contribution in [2.24, 2.45) is 0 Å². The van der Waals surface area contributed by atoms with Crippen molar-refractivity contribution in [2.75, 3.05) is 43.8 Å². The highest BCUT2D eigenvalue weighted by atomic mass is 32.1. The van der Waals surface area contributed by atoms with Crippen molar-refractivity contribution < 1.29 is 18.8 Å². The number of aryl methyl sites for hydroxylation is 1. The van der Waals surface area contributed by atoms with Gasteiger partial charge in [0.25, 0.3) is 11.8 Å². The highest BCUT2D eigenvalue weighted by Gasteiger charge is 2.42. The van der Waals surface area contributed by atoms with Crippen LogP contribution in [0, 0.1) is 5.82 Å². The third-order valence-corrected chi connectivity index (χ3v) is 12.9. The zero-order chi connectivity index (χ0) is 38.3. The Morgan fingerprint density at radius 2 is 1.59 bits per heavy atom. The average Bonchev–Trinajstić information content (AvgIpc) is 4.04. The topological polar surface area (TPSA) is 130 Å². The van der Waals surface area contributed by atoms with E-state index >= 15 is 4.39 Å². The first-order valence-electron chi connectivity index (χ1n) is 19.6. The number of carbonyl (C=O) groups is 3. The van der Waals surface area contributed by atoms with Gasteiger partial charge >= 0.3 is 0 Å². The van der Waals surface area contributed by atoms with Crippen molar-refractivity contribution in [3.63, 3.8) is 0 Å². The van der Waals surface area contributed by atoms with Crippen LogP contribution in [0.25, 0.3) is 11.1 Å². The predicted octanol–water partition coefficient (Wildman–Crippen LogP) is 6.60. The van der Waals surface area contributed by atoms with E-state index in [1.807, 2.05) is 33.7 Å². The van der Waals surface area contributed by atoms with Gasteiger partial charge in [0.05, 0.1) is 25.1 Å². The summed E-state index contributed by atoms with van der Waals surface area (Å²) in [6.07, 6.45) is 8.87. The van der Waals surface area contributed by atoms with Crippen LogP contribution in [0.15, 0.2) is 78.6 Å². The molecule has 288 valence electrons. The number of amides is 3.